The molecule has 4 nitrogen and oxygen atoms in total. The molecule has 0 saturated heterocycles. The molecule has 1 aromatic heterocycles. The van der Waals surface area contributed by atoms with E-state index in [-0.39, 0.29) is 23.0 Å². The summed E-state index contributed by atoms with van der Waals surface area (Å²) in [5.74, 6) is -0.678. The highest BCUT2D eigenvalue weighted by atomic mass is 19.1. The maximum Gasteiger partial charge on any atom is 0.262 e. The number of amides is 1. The maximum absolute atomic E-state index is 13.4. The SMILES string of the molecule is O=C(c1cc2ncccc2cc1O)N1CCCc2cc(F)ccc21. The third-order valence-corrected chi connectivity index (χ3v) is 4.36. The second-order valence-corrected chi connectivity index (χ2v) is 5.90. The lowest BCUT2D eigenvalue weighted by Crippen LogP contribution is -2.35. The number of hydrogen-bond acceptors (Lipinski definition) is 3. The minimum Gasteiger partial charge on any atom is -0.507 e. The van der Waals surface area contributed by atoms with Gasteiger partial charge in [0.05, 0.1) is 11.1 Å². The normalized spacial score (nSPS) is 13.8. The van der Waals surface area contributed by atoms with Crippen LogP contribution in [0.25, 0.3) is 10.9 Å². The van der Waals surface area contributed by atoms with E-state index >= 15 is 0 Å². The molecule has 2 aromatic carbocycles. The van der Waals surface area contributed by atoms with Crippen molar-refractivity contribution < 1.29 is 14.3 Å². The van der Waals surface area contributed by atoms with E-state index in [9.17, 15) is 14.3 Å². The van der Waals surface area contributed by atoms with Gasteiger partial charge in [0.2, 0.25) is 0 Å². The number of aromatic hydroxyl groups is 1. The largest absolute Gasteiger partial charge is 0.507 e. The fourth-order valence-corrected chi connectivity index (χ4v) is 3.20. The number of carbonyl (C=O) groups is 1. The first-order valence-electron chi connectivity index (χ1n) is 7.81. The Balaban J connectivity index is 1.79. The molecular weight excluding hydrogens is 307 g/mol. The zero-order valence-corrected chi connectivity index (χ0v) is 12.9. The summed E-state index contributed by atoms with van der Waals surface area (Å²) in [6.07, 6.45) is 3.14. The Labute approximate surface area is 138 Å². The molecule has 0 aliphatic carbocycles. The molecule has 5 heteroatoms. The predicted molar refractivity (Wildman–Crippen MR) is 89.8 cm³/mol. The van der Waals surface area contributed by atoms with Crippen molar-refractivity contribution in [2.75, 3.05) is 11.4 Å². The predicted octanol–water partition coefficient (Wildman–Crippen LogP) is 3.67. The highest BCUT2D eigenvalue weighted by molar-refractivity contribution is 6.10. The Kier molecular flexibility index (Phi) is 3.41. The maximum atomic E-state index is 13.4. The Morgan fingerprint density at radius 2 is 2.08 bits per heavy atom. The zero-order valence-electron chi connectivity index (χ0n) is 12.9. The van der Waals surface area contributed by atoms with E-state index in [1.165, 1.54) is 12.1 Å². The number of nitrogens with zero attached hydrogens (tertiary/aromatic N) is 2. The lowest BCUT2D eigenvalue weighted by molar-refractivity contribution is 0.0982. The molecule has 0 fully saturated rings. The lowest BCUT2D eigenvalue weighted by Gasteiger charge is -2.29. The average Bonchev–Trinajstić information content (AvgIpc) is 2.59. The van der Waals surface area contributed by atoms with Crippen LogP contribution in [0.3, 0.4) is 0 Å². The average molecular weight is 322 g/mol. The van der Waals surface area contributed by atoms with Crippen LogP contribution in [0.4, 0.5) is 10.1 Å². The highest BCUT2D eigenvalue weighted by Gasteiger charge is 2.26. The Morgan fingerprint density at radius 1 is 1.21 bits per heavy atom. The van der Waals surface area contributed by atoms with Crippen molar-refractivity contribution in [3.05, 3.63) is 65.6 Å². The summed E-state index contributed by atoms with van der Waals surface area (Å²) in [4.78, 5) is 18.8. The molecule has 120 valence electrons. The van der Waals surface area contributed by atoms with Gasteiger partial charge in [-0.15, -0.1) is 0 Å². The third kappa shape index (κ3) is 2.38. The number of carbonyl (C=O) groups excluding carboxylic acids is 1. The number of pyridine rings is 1. The van der Waals surface area contributed by atoms with Crippen LogP contribution in [0, 0.1) is 5.82 Å². The van der Waals surface area contributed by atoms with Crippen LogP contribution in [0.15, 0.2) is 48.7 Å². The van der Waals surface area contributed by atoms with E-state index in [1.807, 2.05) is 6.07 Å². The molecule has 1 N–H and O–H groups in total. The first-order chi connectivity index (χ1) is 11.6. The number of rotatable bonds is 1. The van der Waals surface area contributed by atoms with Gasteiger partial charge in [0, 0.05) is 23.8 Å². The summed E-state index contributed by atoms with van der Waals surface area (Å²) in [7, 11) is 0. The first-order valence-corrected chi connectivity index (χ1v) is 7.81. The minimum absolute atomic E-state index is 0.0743. The van der Waals surface area contributed by atoms with Crippen molar-refractivity contribution in [2.24, 2.45) is 0 Å². The van der Waals surface area contributed by atoms with E-state index in [1.54, 1.807) is 35.4 Å². The summed E-state index contributed by atoms with van der Waals surface area (Å²) in [6, 6.07) is 11.2. The number of aromatic nitrogens is 1. The summed E-state index contributed by atoms with van der Waals surface area (Å²) >= 11 is 0. The number of aryl methyl sites for hydroxylation is 1. The molecule has 3 aromatic rings. The number of benzene rings is 2. The van der Waals surface area contributed by atoms with E-state index < -0.39 is 0 Å². The van der Waals surface area contributed by atoms with Gasteiger partial charge in [0.15, 0.2) is 0 Å². The van der Waals surface area contributed by atoms with Crippen LogP contribution in [0.5, 0.6) is 5.75 Å². The Hall–Kier alpha value is -2.95. The van der Waals surface area contributed by atoms with Gasteiger partial charge in [0.1, 0.15) is 11.6 Å². The van der Waals surface area contributed by atoms with Gasteiger partial charge in [-0.25, -0.2) is 4.39 Å². The molecule has 0 saturated carbocycles. The van der Waals surface area contributed by atoms with Crippen LogP contribution in [0.1, 0.15) is 22.3 Å². The number of anilines is 1. The number of fused-ring (bicyclic) bond motifs is 2. The fraction of sp³-hybridized carbons (Fsp3) is 0.158. The number of hydrogen-bond donors (Lipinski definition) is 1. The van der Waals surface area contributed by atoms with Gasteiger partial charge in [0.25, 0.3) is 5.91 Å². The van der Waals surface area contributed by atoms with Crippen LogP contribution < -0.4 is 4.90 Å². The molecule has 1 aliphatic heterocycles. The van der Waals surface area contributed by atoms with E-state index in [2.05, 4.69) is 4.98 Å². The summed E-state index contributed by atoms with van der Waals surface area (Å²) in [6.45, 7) is 0.539. The number of phenolic OH excluding ortho intramolecular Hbond substituents is 1. The third-order valence-electron chi connectivity index (χ3n) is 4.36. The van der Waals surface area contributed by atoms with Crippen molar-refractivity contribution in [3.8, 4) is 5.75 Å². The van der Waals surface area contributed by atoms with Gasteiger partial charge >= 0.3 is 0 Å². The first kappa shape index (κ1) is 14.6. The van der Waals surface area contributed by atoms with Crippen molar-refractivity contribution >= 4 is 22.5 Å². The molecule has 2 heterocycles. The smallest absolute Gasteiger partial charge is 0.262 e. The number of halogens is 1. The van der Waals surface area contributed by atoms with Crippen LogP contribution in [-0.2, 0) is 6.42 Å². The van der Waals surface area contributed by atoms with Gasteiger partial charge < -0.3 is 10.0 Å². The summed E-state index contributed by atoms with van der Waals surface area (Å²) in [5, 5.41) is 11.0. The lowest BCUT2D eigenvalue weighted by atomic mass is 10.00. The molecule has 0 unspecified atom stereocenters. The van der Waals surface area contributed by atoms with Crippen LogP contribution >= 0.6 is 0 Å². The van der Waals surface area contributed by atoms with Crippen molar-refractivity contribution in [2.45, 2.75) is 12.8 Å². The highest BCUT2D eigenvalue weighted by Crippen LogP contribution is 2.32. The fourth-order valence-electron chi connectivity index (χ4n) is 3.20. The quantitative estimate of drug-likeness (QED) is 0.744. The summed E-state index contributed by atoms with van der Waals surface area (Å²) < 4.78 is 13.4. The Bertz CT molecular complexity index is 955. The van der Waals surface area contributed by atoms with Crippen LogP contribution in [-0.4, -0.2) is 22.5 Å². The molecule has 0 radical (unpaired) electrons. The topological polar surface area (TPSA) is 53.4 Å². The van der Waals surface area contributed by atoms with E-state index in [0.29, 0.717) is 17.7 Å². The van der Waals surface area contributed by atoms with Crippen molar-refractivity contribution in [3.63, 3.8) is 0 Å². The molecule has 1 aliphatic rings. The second kappa shape index (κ2) is 5.60. The molecular formula is C19H15FN2O2. The molecule has 4 rings (SSSR count). The molecule has 0 bridgehead atoms. The molecule has 24 heavy (non-hydrogen) atoms. The standard InChI is InChI=1S/C19H15FN2O2/c20-14-5-6-17-13(9-14)4-2-8-22(17)19(24)15-11-16-12(10-18(15)23)3-1-7-21-16/h1,3,5-7,9-11,23H,2,4,8H2. The van der Waals surface area contributed by atoms with Gasteiger partial charge in [-0.2, -0.15) is 0 Å². The zero-order chi connectivity index (χ0) is 16.7. The molecule has 1 amide bonds. The molecule has 0 atom stereocenters. The van der Waals surface area contributed by atoms with E-state index in [0.717, 1.165) is 23.8 Å². The summed E-state index contributed by atoms with van der Waals surface area (Å²) in [5.41, 5.74) is 2.37. The van der Waals surface area contributed by atoms with Crippen molar-refractivity contribution in [1.82, 2.24) is 4.98 Å². The monoisotopic (exact) mass is 322 g/mol. The molecule has 0 spiro atoms. The van der Waals surface area contributed by atoms with Gasteiger partial charge in [-0.3, -0.25) is 9.78 Å². The van der Waals surface area contributed by atoms with Gasteiger partial charge in [-0.1, -0.05) is 6.07 Å². The second-order valence-electron chi connectivity index (χ2n) is 5.90. The number of phenols is 1. The Morgan fingerprint density at radius 3 is 2.96 bits per heavy atom. The van der Waals surface area contributed by atoms with E-state index in [4.69, 9.17) is 0 Å². The minimum atomic E-state index is -0.305. The van der Waals surface area contributed by atoms with Crippen molar-refractivity contribution in [1.29, 1.82) is 0 Å². The van der Waals surface area contributed by atoms with Gasteiger partial charge in [-0.05, 0) is 54.8 Å². The van der Waals surface area contributed by atoms with Crippen LogP contribution in [0.2, 0.25) is 0 Å².